The number of urea groups is 1. The number of aryl methyl sites for hydroxylation is 2. The van der Waals surface area contributed by atoms with E-state index >= 15 is 0 Å². The standard InChI is InChI=1S/C24H23Cl2N3O5.2Na/c1-3-29-12-13(2)22(32)21(23(29)33)28-24(34)27-19(11-20(30)31)16-6-4-5-14(9-16)15-7-8-17(25)18(26)10-15;;/h4-10,12,19,32H,3,11H2,1-2H3,(H,30,31)(H2,27,28,34);;/q;2*+1/p-2. The summed E-state index contributed by atoms with van der Waals surface area (Å²) in [5, 5.41) is 29.3. The summed E-state index contributed by atoms with van der Waals surface area (Å²) in [4.78, 5) is 36.5. The molecule has 0 aliphatic heterocycles. The van der Waals surface area contributed by atoms with Crippen LogP contribution < -0.4 is 85.5 Å². The van der Waals surface area contributed by atoms with Gasteiger partial charge < -0.3 is 30.2 Å². The van der Waals surface area contributed by atoms with Crippen molar-refractivity contribution in [3.05, 3.63) is 80.2 Å². The quantitative estimate of drug-likeness (QED) is 0.310. The van der Waals surface area contributed by atoms with E-state index in [1.165, 1.54) is 17.7 Å². The minimum atomic E-state index is -1.39. The van der Waals surface area contributed by atoms with Crippen molar-refractivity contribution in [2.24, 2.45) is 0 Å². The van der Waals surface area contributed by atoms with Crippen LogP contribution in [0.2, 0.25) is 10.0 Å². The summed E-state index contributed by atoms with van der Waals surface area (Å²) in [6.07, 6.45) is 0.886. The van der Waals surface area contributed by atoms with Crippen molar-refractivity contribution in [3.63, 3.8) is 0 Å². The third kappa shape index (κ3) is 8.00. The van der Waals surface area contributed by atoms with Gasteiger partial charge in [0.15, 0.2) is 0 Å². The predicted molar refractivity (Wildman–Crippen MR) is 127 cm³/mol. The predicted octanol–water partition coefficient (Wildman–Crippen LogP) is -2.77. The Morgan fingerprint density at radius 1 is 1.06 bits per heavy atom. The molecule has 0 saturated heterocycles. The van der Waals surface area contributed by atoms with Crippen molar-refractivity contribution in [1.29, 1.82) is 0 Å². The summed E-state index contributed by atoms with van der Waals surface area (Å²) < 4.78 is 1.30. The Kier molecular flexibility index (Phi) is 13.1. The molecule has 0 aliphatic carbocycles. The average molecular weight is 548 g/mol. The van der Waals surface area contributed by atoms with E-state index in [2.05, 4.69) is 10.6 Å². The van der Waals surface area contributed by atoms with Crippen molar-refractivity contribution in [1.82, 2.24) is 9.88 Å². The van der Waals surface area contributed by atoms with Crippen LogP contribution in [0.1, 0.15) is 30.5 Å². The maximum absolute atomic E-state index is 12.7. The first kappa shape index (κ1) is 32.5. The molecule has 0 aliphatic rings. The van der Waals surface area contributed by atoms with Crippen molar-refractivity contribution in [2.75, 3.05) is 5.32 Å². The number of pyridine rings is 1. The zero-order valence-electron chi connectivity index (χ0n) is 20.4. The van der Waals surface area contributed by atoms with Crippen molar-refractivity contribution < 1.29 is 78.9 Å². The number of benzene rings is 2. The minimum Gasteiger partial charge on any atom is -0.871 e. The zero-order valence-corrected chi connectivity index (χ0v) is 25.9. The number of rotatable bonds is 7. The molecule has 178 valence electrons. The first-order valence-corrected chi connectivity index (χ1v) is 11.1. The number of hydrogen-bond donors (Lipinski definition) is 2. The largest absolute Gasteiger partial charge is 1.00 e. The fraction of sp³-hybridized carbons (Fsp3) is 0.208. The number of halogens is 2. The van der Waals surface area contributed by atoms with Gasteiger partial charge in [0.25, 0.3) is 5.56 Å². The van der Waals surface area contributed by atoms with Gasteiger partial charge in [0.1, 0.15) is 5.69 Å². The Balaban J connectivity index is 0.00000324. The molecule has 3 aromatic rings. The molecule has 0 radical (unpaired) electrons. The Labute approximate surface area is 262 Å². The zero-order chi connectivity index (χ0) is 25.0. The van der Waals surface area contributed by atoms with Crippen LogP contribution in [0.25, 0.3) is 11.1 Å². The Bertz CT molecular complexity index is 1320. The molecule has 1 atom stereocenters. The monoisotopic (exact) mass is 547 g/mol. The number of hydrogen-bond acceptors (Lipinski definition) is 5. The van der Waals surface area contributed by atoms with Gasteiger partial charge >= 0.3 is 65.1 Å². The van der Waals surface area contributed by atoms with Gasteiger partial charge in [0, 0.05) is 25.1 Å². The summed E-state index contributed by atoms with van der Waals surface area (Å²) in [6, 6.07) is 10.0. The van der Waals surface area contributed by atoms with E-state index in [1.54, 1.807) is 49.4 Å². The Hall–Kier alpha value is -1.49. The Morgan fingerprint density at radius 3 is 2.33 bits per heavy atom. The van der Waals surface area contributed by atoms with Crippen LogP contribution in [-0.2, 0) is 11.3 Å². The fourth-order valence-electron chi connectivity index (χ4n) is 3.47. The number of aromatic nitrogens is 1. The van der Waals surface area contributed by atoms with Gasteiger partial charge in [-0.25, -0.2) is 4.79 Å². The van der Waals surface area contributed by atoms with E-state index < -0.39 is 41.5 Å². The second-order valence-electron chi connectivity index (χ2n) is 7.59. The molecule has 1 aromatic heterocycles. The maximum Gasteiger partial charge on any atom is 1.00 e. The molecule has 0 saturated carbocycles. The minimum absolute atomic E-state index is 0. The number of carboxylic acid groups (broad SMARTS) is 1. The van der Waals surface area contributed by atoms with Crippen LogP contribution in [0.3, 0.4) is 0 Å². The number of carbonyl (C=O) groups is 2. The molecule has 1 heterocycles. The Morgan fingerprint density at radius 2 is 1.72 bits per heavy atom. The number of anilines is 1. The summed E-state index contributed by atoms with van der Waals surface area (Å²) in [6.45, 7) is 3.57. The second-order valence-corrected chi connectivity index (χ2v) is 8.40. The van der Waals surface area contributed by atoms with E-state index in [0.29, 0.717) is 27.7 Å². The molecule has 1 unspecified atom stereocenters. The number of carboxylic acids is 1. The smallest absolute Gasteiger partial charge is 0.871 e. The van der Waals surface area contributed by atoms with Crippen molar-refractivity contribution in [2.45, 2.75) is 32.9 Å². The number of amides is 2. The molecule has 12 heteroatoms. The van der Waals surface area contributed by atoms with E-state index in [9.17, 15) is 24.6 Å². The maximum atomic E-state index is 12.7. The fourth-order valence-corrected chi connectivity index (χ4v) is 3.77. The van der Waals surface area contributed by atoms with Crippen molar-refractivity contribution >= 4 is 40.9 Å². The molecule has 0 bridgehead atoms. The normalized spacial score (nSPS) is 11.0. The molecule has 0 fully saturated rings. The SMILES string of the molecule is CCn1cc(C)c([O-])c(NC(=O)NC(CC(=O)[O-])c2cccc(-c3ccc(Cl)c(Cl)c3)c2)c1=O.[Na+].[Na+]. The molecule has 2 amide bonds. The topological polar surface area (TPSA) is 126 Å². The molecule has 2 N–H and O–H groups in total. The van der Waals surface area contributed by atoms with Crippen LogP contribution in [0.15, 0.2) is 53.5 Å². The molecule has 3 rings (SSSR count). The molecular formula is C24H21Cl2N3Na2O5. The van der Waals surface area contributed by atoms with Gasteiger partial charge in [-0.15, -0.1) is 0 Å². The first-order chi connectivity index (χ1) is 16.1. The summed E-state index contributed by atoms with van der Waals surface area (Å²) in [5.74, 6) is -2.00. The molecule has 36 heavy (non-hydrogen) atoms. The molecule has 0 spiro atoms. The summed E-state index contributed by atoms with van der Waals surface area (Å²) >= 11 is 12.1. The average Bonchev–Trinajstić information content (AvgIpc) is 2.80. The second kappa shape index (κ2) is 14.4. The molecule has 8 nitrogen and oxygen atoms in total. The van der Waals surface area contributed by atoms with Gasteiger partial charge in [-0.3, -0.25) is 4.79 Å². The van der Waals surface area contributed by atoms with E-state index in [1.807, 2.05) is 0 Å². The molecular weight excluding hydrogens is 527 g/mol. The number of nitrogens with zero attached hydrogens (tertiary/aromatic N) is 1. The number of nitrogens with one attached hydrogen (secondary N) is 2. The third-order valence-electron chi connectivity index (χ3n) is 5.21. The van der Waals surface area contributed by atoms with Crippen LogP contribution in [0.4, 0.5) is 10.5 Å². The van der Waals surface area contributed by atoms with E-state index in [4.69, 9.17) is 23.2 Å². The van der Waals surface area contributed by atoms with Gasteiger partial charge in [-0.05, 0) is 54.3 Å². The van der Waals surface area contributed by atoms with E-state index in [-0.39, 0.29) is 64.7 Å². The van der Waals surface area contributed by atoms with Crippen LogP contribution >= 0.6 is 23.2 Å². The third-order valence-corrected chi connectivity index (χ3v) is 5.95. The van der Waals surface area contributed by atoms with Crippen LogP contribution in [0, 0.1) is 6.92 Å². The van der Waals surface area contributed by atoms with Crippen LogP contribution in [0.5, 0.6) is 5.75 Å². The summed E-state index contributed by atoms with van der Waals surface area (Å²) in [7, 11) is 0. The van der Waals surface area contributed by atoms with Gasteiger partial charge in [0.05, 0.1) is 16.1 Å². The number of aliphatic carboxylic acids is 1. The first-order valence-electron chi connectivity index (χ1n) is 10.3. The number of carbonyl (C=O) groups excluding carboxylic acids is 2. The van der Waals surface area contributed by atoms with Crippen LogP contribution in [-0.4, -0.2) is 16.6 Å². The van der Waals surface area contributed by atoms with Gasteiger partial charge in [-0.2, -0.15) is 0 Å². The van der Waals surface area contributed by atoms with Gasteiger partial charge in [-0.1, -0.05) is 53.2 Å². The molecule has 2 aromatic carbocycles. The van der Waals surface area contributed by atoms with Crippen molar-refractivity contribution in [3.8, 4) is 16.9 Å². The summed E-state index contributed by atoms with van der Waals surface area (Å²) in [5.41, 5.74) is 1.16. The van der Waals surface area contributed by atoms with Gasteiger partial charge in [0.2, 0.25) is 0 Å². The van der Waals surface area contributed by atoms with E-state index in [0.717, 1.165) is 5.56 Å².